The Morgan fingerprint density at radius 3 is 2.55 bits per heavy atom. The smallest absolute Gasteiger partial charge is 0.272 e. The maximum absolute atomic E-state index is 12.2. The first kappa shape index (κ1) is 19.0. The molecule has 0 spiro atoms. The molecular weight excluding hydrogens is 310 g/mol. The number of nitrogens with one attached hydrogen (secondary N) is 1. The van der Waals surface area contributed by atoms with E-state index < -0.39 is 24.0 Å². The largest absolute Gasteiger partial charge is 0.471 e. The van der Waals surface area contributed by atoms with Gasteiger partial charge in [0.2, 0.25) is 5.88 Å². The van der Waals surface area contributed by atoms with Gasteiger partial charge >= 0.3 is 0 Å². The summed E-state index contributed by atoms with van der Waals surface area (Å²) in [7, 11) is -1.20. The van der Waals surface area contributed by atoms with Crippen LogP contribution in [-0.2, 0) is 17.4 Å². The minimum atomic E-state index is -2.53. The zero-order chi connectivity index (χ0) is 16.9. The first-order valence-corrected chi connectivity index (χ1v) is 8.38. The van der Waals surface area contributed by atoms with Crippen LogP contribution in [0.15, 0.2) is 12.3 Å². The zero-order valence-electron chi connectivity index (χ0n) is 13.7. The average Bonchev–Trinajstić information content (AvgIpc) is 2.43. The molecule has 0 saturated carbocycles. The van der Waals surface area contributed by atoms with E-state index in [9.17, 15) is 13.0 Å². The minimum absolute atomic E-state index is 0.165. The van der Waals surface area contributed by atoms with Crippen molar-refractivity contribution < 1.29 is 17.7 Å². The third kappa shape index (κ3) is 5.61. The maximum Gasteiger partial charge on any atom is 0.272 e. The molecule has 0 radical (unpaired) electrons. The number of aryl methyl sites for hydroxylation is 1. The quantitative estimate of drug-likeness (QED) is 0.831. The molecule has 1 heterocycles. The summed E-state index contributed by atoms with van der Waals surface area (Å²) < 4.78 is 44.2. The zero-order valence-corrected chi connectivity index (χ0v) is 14.5. The van der Waals surface area contributed by atoms with Crippen molar-refractivity contribution in [1.29, 1.82) is 0 Å². The first-order valence-electron chi connectivity index (χ1n) is 7.23. The highest BCUT2D eigenvalue weighted by atomic mass is 32.2. The fourth-order valence-electron chi connectivity index (χ4n) is 1.68. The molecule has 0 amide bonds. The number of hydrogen-bond acceptors (Lipinski definition) is 3. The molecule has 0 aliphatic heterocycles. The van der Waals surface area contributed by atoms with Gasteiger partial charge in [0.15, 0.2) is 6.61 Å². The number of alkyl halides is 2. The van der Waals surface area contributed by atoms with Crippen molar-refractivity contribution in [2.75, 3.05) is 6.61 Å². The van der Waals surface area contributed by atoms with E-state index in [1.165, 1.54) is 0 Å². The van der Waals surface area contributed by atoms with Crippen molar-refractivity contribution in [2.45, 2.75) is 58.3 Å². The molecule has 1 aromatic rings. The Morgan fingerprint density at radius 1 is 1.41 bits per heavy atom. The lowest BCUT2D eigenvalue weighted by molar-refractivity contribution is 0.0790. The molecule has 0 aromatic carbocycles. The van der Waals surface area contributed by atoms with Crippen LogP contribution >= 0.6 is 0 Å². The number of pyridine rings is 1. The highest BCUT2D eigenvalue weighted by Crippen LogP contribution is 2.23. The van der Waals surface area contributed by atoms with E-state index in [1.807, 2.05) is 40.7 Å². The number of halogens is 2. The Hall–Kier alpha value is -1.08. The summed E-state index contributed by atoms with van der Waals surface area (Å²) in [4.78, 5) is 4.12. The van der Waals surface area contributed by atoms with Crippen LogP contribution in [0.4, 0.5) is 8.78 Å². The lowest BCUT2D eigenvalue weighted by Gasteiger charge is -2.22. The van der Waals surface area contributed by atoms with Gasteiger partial charge in [0.1, 0.15) is 0 Å². The predicted molar refractivity (Wildman–Crippen MR) is 84.6 cm³/mol. The van der Waals surface area contributed by atoms with Crippen molar-refractivity contribution in [3.8, 4) is 5.88 Å². The van der Waals surface area contributed by atoms with Gasteiger partial charge < -0.3 is 4.74 Å². The third-order valence-electron chi connectivity index (χ3n) is 3.01. The predicted octanol–water partition coefficient (Wildman–Crippen LogP) is 3.40. The number of hydrogen-bond donors (Lipinski definition) is 1. The molecule has 22 heavy (non-hydrogen) atoms. The second kappa shape index (κ2) is 7.97. The summed E-state index contributed by atoms with van der Waals surface area (Å²) in [6.45, 7) is 8.79. The van der Waals surface area contributed by atoms with Crippen LogP contribution in [0.25, 0.3) is 0 Å². The third-order valence-corrected chi connectivity index (χ3v) is 4.69. The Morgan fingerprint density at radius 2 is 2.05 bits per heavy atom. The summed E-state index contributed by atoms with van der Waals surface area (Å²) in [5.41, 5.74) is 1.60. The van der Waals surface area contributed by atoms with E-state index in [4.69, 9.17) is 4.74 Å². The standard InChI is InChI=1S/C15H24F2N2O2S/c1-6-11-7-12(8-18-14(11)21-9-13(16)17)10(2)19-22(20)15(3,4)5/h7-8,10,13,19H,6,9H2,1-5H3/t10-,22?/m1/s1. The van der Waals surface area contributed by atoms with Gasteiger partial charge in [-0.2, -0.15) is 0 Å². The average molecular weight is 334 g/mol. The SMILES string of the molecule is CCc1cc([C@@H](C)NS(=O)C(C)(C)C)cnc1OCC(F)F. The molecule has 7 heteroatoms. The Kier molecular flexibility index (Phi) is 6.87. The number of aromatic nitrogens is 1. The maximum atomic E-state index is 12.2. The van der Waals surface area contributed by atoms with Crippen LogP contribution in [0, 0.1) is 0 Å². The van der Waals surface area contributed by atoms with Crippen LogP contribution in [0.2, 0.25) is 0 Å². The topological polar surface area (TPSA) is 51.2 Å². The molecule has 1 rings (SSSR count). The first-order chi connectivity index (χ1) is 10.1. The Bertz CT molecular complexity index is 519. The molecular formula is C15H24F2N2O2S. The monoisotopic (exact) mass is 334 g/mol. The molecule has 0 aliphatic carbocycles. The van der Waals surface area contributed by atoms with Gasteiger partial charge in [-0.25, -0.2) is 22.7 Å². The highest BCUT2D eigenvalue weighted by Gasteiger charge is 2.22. The summed E-state index contributed by atoms with van der Waals surface area (Å²) in [5.74, 6) is 0.232. The number of rotatable bonds is 7. The van der Waals surface area contributed by atoms with E-state index in [-0.39, 0.29) is 16.7 Å². The van der Waals surface area contributed by atoms with Gasteiger partial charge in [-0.15, -0.1) is 0 Å². The molecule has 0 fully saturated rings. The lowest BCUT2D eigenvalue weighted by atomic mass is 10.1. The number of nitrogens with zero attached hydrogens (tertiary/aromatic N) is 1. The van der Waals surface area contributed by atoms with Gasteiger partial charge in [0, 0.05) is 17.8 Å². The van der Waals surface area contributed by atoms with E-state index in [1.54, 1.807) is 6.20 Å². The molecule has 1 aromatic heterocycles. The van der Waals surface area contributed by atoms with Crippen molar-refractivity contribution in [2.24, 2.45) is 0 Å². The van der Waals surface area contributed by atoms with Gasteiger partial charge in [-0.3, -0.25) is 0 Å². The van der Waals surface area contributed by atoms with E-state index in [2.05, 4.69) is 9.71 Å². The summed E-state index contributed by atoms with van der Waals surface area (Å²) in [5, 5.41) is 0. The van der Waals surface area contributed by atoms with Crippen LogP contribution in [0.3, 0.4) is 0 Å². The van der Waals surface area contributed by atoms with Crippen molar-refractivity contribution in [1.82, 2.24) is 9.71 Å². The van der Waals surface area contributed by atoms with Gasteiger partial charge in [-0.05, 0) is 45.7 Å². The van der Waals surface area contributed by atoms with E-state index in [0.717, 1.165) is 11.1 Å². The molecule has 2 atom stereocenters. The molecule has 126 valence electrons. The fourth-order valence-corrected chi connectivity index (χ4v) is 2.49. The second-order valence-corrected chi connectivity index (χ2v) is 8.01. The molecule has 0 saturated heterocycles. The summed E-state index contributed by atoms with van der Waals surface area (Å²) in [6, 6.07) is 1.69. The Labute approximate surface area is 133 Å². The van der Waals surface area contributed by atoms with Crippen LogP contribution in [0.5, 0.6) is 5.88 Å². The molecule has 4 nitrogen and oxygen atoms in total. The van der Waals surface area contributed by atoms with Crippen molar-refractivity contribution in [3.63, 3.8) is 0 Å². The molecule has 0 aliphatic rings. The van der Waals surface area contributed by atoms with E-state index in [0.29, 0.717) is 6.42 Å². The lowest BCUT2D eigenvalue weighted by Crippen LogP contribution is -2.34. The van der Waals surface area contributed by atoms with Crippen LogP contribution in [0.1, 0.15) is 51.8 Å². The van der Waals surface area contributed by atoms with Gasteiger partial charge in [0.25, 0.3) is 6.43 Å². The summed E-state index contributed by atoms with van der Waals surface area (Å²) >= 11 is 0. The second-order valence-electron chi connectivity index (χ2n) is 6.01. The minimum Gasteiger partial charge on any atom is -0.471 e. The highest BCUT2D eigenvalue weighted by molar-refractivity contribution is 7.84. The van der Waals surface area contributed by atoms with Gasteiger partial charge in [0.05, 0.1) is 15.7 Å². The van der Waals surface area contributed by atoms with E-state index >= 15 is 0 Å². The molecule has 1 N–H and O–H groups in total. The fraction of sp³-hybridized carbons (Fsp3) is 0.667. The number of ether oxygens (including phenoxy) is 1. The Balaban J connectivity index is 2.86. The van der Waals surface area contributed by atoms with Crippen LogP contribution in [-0.4, -0.2) is 27.0 Å². The molecule has 1 unspecified atom stereocenters. The van der Waals surface area contributed by atoms with Crippen molar-refractivity contribution >= 4 is 11.0 Å². The van der Waals surface area contributed by atoms with Crippen LogP contribution < -0.4 is 9.46 Å². The van der Waals surface area contributed by atoms with Crippen molar-refractivity contribution in [3.05, 3.63) is 23.4 Å². The summed E-state index contributed by atoms with van der Waals surface area (Å²) in [6.07, 6.45) is -0.340. The molecule has 0 bridgehead atoms. The normalized spacial score (nSPS) is 14.9. The van der Waals surface area contributed by atoms with Gasteiger partial charge in [-0.1, -0.05) is 6.92 Å².